The highest BCUT2D eigenvalue weighted by Crippen LogP contribution is 2.32. The van der Waals surface area contributed by atoms with Crippen LogP contribution in [0, 0.1) is 12.7 Å². The Labute approximate surface area is 96.1 Å². The van der Waals surface area contributed by atoms with Crippen LogP contribution >= 0.6 is 11.6 Å². The van der Waals surface area contributed by atoms with Crippen LogP contribution in [-0.4, -0.2) is 15.6 Å². The maximum Gasteiger partial charge on any atom is 0.338 e. The van der Waals surface area contributed by atoms with E-state index < -0.39 is 17.3 Å². The highest BCUT2D eigenvalue weighted by Gasteiger charge is 2.19. The van der Waals surface area contributed by atoms with Gasteiger partial charge in [0.15, 0.2) is 5.82 Å². The van der Waals surface area contributed by atoms with Gasteiger partial charge in [-0.3, -0.25) is 0 Å². The normalized spacial score (nSPS) is 11.0. The molecule has 0 fully saturated rings. The topological polar surface area (TPSA) is 42.2 Å². The fourth-order valence-electron chi connectivity index (χ4n) is 1.85. The molecule has 16 heavy (non-hydrogen) atoms. The maximum absolute atomic E-state index is 13.6. The first-order valence-corrected chi connectivity index (χ1v) is 4.98. The Bertz CT molecular complexity index is 604. The number of carboxylic acid groups (broad SMARTS) is 1. The van der Waals surface area contributed by atoms with E-state index in [1.807, 2.05) is 0 Å². The summed E-state index contributed by atoms with van der Waals surface area (Å²) in [5.74, 6) is -2.20. The van der Waals surface area contributed by atoms with Gasteiger partial charge in [-0.2, -0.15) is 0 Å². The smallest absolute Gasteiger partial charge is 0.338 e. The summed E-state index contributed by atoms with van der Waals surface area (Å²) >= 11 is 5.84. The van der Waals surface area contributed by atoms with Gasteiger partial charge in [-0.25, -0.2) is 9.18 Å². The quantitative estimate of drug-likeness (QED) is 0.834. The van der Waals surface area contributed by atoms with Crippen LogP contribution in [-0.2, 0) is 7.05 Å². The van der Waals surface area contributed by atoms with Crippen LogP contribution in [0.1, 0.15) is 15.9 Å². The zero-order chi connectivity index (χ0) is 12.0. The molecule has 0 saturated carbocycles. The van der Waals surface area contributed by atoms with Crippen LogP contribution in [0.15, 0.2) is 12.3 Å². The molecule has 2 rings (SSSR count). The van der Waals surface area contributed by atoms with Crippen molar-refractivity contribution in [2.24, 2.45) is 7.05 Å². The summed E-state index contributed by atoms with van der Waals surface area (Å²) in [7, 11) is 1.76. The van der Waals surface area contributed by atoms with Crippen molar-refractivity contribution in [1.82, 2.24) is 4.57 Å². The zero-order valence-corrected chi connectivity index (χ0v) is 9.47. The summed E-state index contributed by atoms with van der Waals surface area (Å²) in [4.78, 5) is 10.8. The van der Waals surface area contributed by atoms with E-state index in [1.165, 1.54) is 6.07 Å². The number of hydrogen-bond donors (Lipinski definition) is 1. The van der Waals surface area contributed by atoms with Crippen molar-refractivity contribution in [1.29, 1.82) is 0 Å². The number of aryl methyl sites for hydroxylation is 2. The average Bonchev–Trinajstić information content (AvgIpc) is 2.47. The highest BCUT2D eigenvalue weighted by molar-refractivity contribution is 6.36. The molecule has 0 saturated heterocycles. The number of rotatable bonds is 1. The number of fused-ring (bicyclic) bond motifs is 1. The first kappa shape index (κ1) is 11.0. The van der Waals surface area contributed by atoms with Crippen LogP contribution in [0.5, 0.6) is 0 Å². The molecule has 1 aromatic heterocycles. The second-order valence-corrected chi connectivity index (χ2v) is 4.05. The Morgan fingerprint density at radius 2 is 2.19 bits per heavy atom. The molecule has 0 amide bonds. The Morgan fingerprint density at radius 1 is 1.56 bits per heavy atom. The third-order valence-corrected chi connectivity index (χ3v) is 2.93. The first-order valence-electron chi connectivity index (χ1n) is 4.60. The van der Waals surface area contributed by atoms with Crippen LogP contribution in [0.2, 0.25) is 5.02 Å². The minimum Gasteiger partial charge on any atom is -0.478 e. The molecule has 0 spiro atoms. The van der Waals surface area contributed by atoms with Crippen molar-refractivity contribution in [3.05, 3.63) is 34.2 Å². The average molecular weight is 242 g/mol. The largest absolute Gasteiger partial charge is 0.478 e. The van der Waals surface area contributed by atoms with Crippen molar-refractivity contribution in [3.8, 4) is 0 Å². The zero-order valence-electron chi connectivity index (χ0n) is 8.71. The lowest BCUT2D eigenvalue weighted by Gasteiger charge is -2.04. The standard InChI is InChI=1S/C11H9ClFNO2/c1-5-4-14(2)7-3-6(11(15)16)10(13)9(12)8(5)7/h3-4H,1-2H3,(H,15,16). The highest BCUT2D eigenvalue weighted by atomic mass is 35.5. The van der Waals surface area contributed by atoms with E-state index in [0.29, 0.717) is 10.9 Å². The summed E-state index contributed by atoms with van der Waals surface area (Å²) in [5, 5.41) is 9.27. The van der Waals surface area contributed by atoms with Gasteiger partial charge in [0.25, 0.3) is 0 Å². The molecule has 0 bridgehead atoms. The molecule has 0 unspecified atom stereocenters. The van der Waals surface area contributed by atoms with E-state index >= 15 is 0 Å². The van der Waals surface area contributed by atoms with Gasteiger partial charge in [0.2, 0.25) is 0 Å². The molecule has 0 aliphatic rings. The van der Waals surface area contributed by atoms with Gasteiger partial charge < -0.3 is 9.67 Å². The monoisotopic (exact) mass is 241 g/mol. The fraction of sp³-hybridized carbons (Fsp3) is 0.182. The van der Waals surface area contributed by atoms with Crippen LogP contribution < -0.4 is 0 Å². The summed E-state index contributed by atoms with van der Waals surface area (Å²) in [6, 6.07) is 1.30. The number of aromatic nitrogens is 1. The predicted molar refractivity (Wildman–Crippen MR) is 59.6 cm³/mol. The lowest BCUT2D eigenvalue weighted by atomic mass is 10.1. The first-order chi connectivity index (χ1) is 7.43. The van der Waals surface area contributed by atoms with E-state index in [4.69, 9.17) is 16.7 Å². The van der Waals surface area contributed by atoms with E-state index in [0.717, 1.165) is 5.56 Å². The third kappa shape index (κ3) is 1.38. The van der Waals surface area contributed by atoms with Crippen molar-refractivity contribution in [3.63, 3.8) is 0 Å². The summed E-state index contributed by atoms with van der Waals surface area (Å²) in [5.41, 5.74) is 1.03. The Hall–Kier alpha value is -1.55. The lowest BCUT2D eigenvalue weighted by Crippen LogP contribution is -2.02. The third-order valence-electron chi connectivity index (χ3n) is 2.58. The number of carboxylic acids is 1. The van der Waals surface area contributed by atoms with Gasteiger partial charge >= 0.3 is 5.97 Å². The van der Waals surface area contributed by atoms with E-state index in [-0.39, 0.29) is 5.02 Å². The molecule has 1 heterocycles. The van der Waals surface area contributed by atoms with E-state index in [2.05, 4.69) is 0 Å². The Balaban J connectivity index is 2.96. The fourth-order valence-corrected chi connectivity index (χ4v) is 2.19. The maximum atomic E-state index is 13.6. The van der Waals surface area contributed by atoms with Crippen molar-refractivity contribution >= 4 is 28.5 Å². The van der Waals surface area contributed by atoms with Gasteiger partial charge in [0, 0.05) is 18.6 Å². The second-order valence-electron chi connectivity index (χ2n) is 3.67. The molecule has 1 aromatic carbocycles. The Morgan fingerprint density at radius 3 is 2.75 bits per heavy atom. The molecule has 84 valence electrons. The van der Waals surface area contributed by atoms with Gasteiger partial charge in [0.1, 0.15) is 0 Å². The number of hydrogen-bond acceptors (Lipinski definition) is 1. The minimum absolute atomic E-state index is 0.131. The van der Waals surface area contributed by atoms with Gasteiger partial charge in [-0.1, -0.05) is 11.6 Å². The summed E-state index contributed by atoms with van der Waals surface area (Å²) in [6.07, 6.45) is 1.78. The van der Waals surface area contributed by atoms with Gasteiger partial charge in [-0.05, 0) is 18.6 Å². The van der Waals surface area contributed by atoms with Crippen molar-refractivity contribution in [2.45, 2.75) is 6.92 Å². The number of benzene rings is 1. The van der Waals surface area contributed by atoms with Crippen LogP contribution in [0.3, 0.4) is 0 Å². The van der Waals surface area contributed by atoms with Gasteiger partial charge in [0.05, 0.1) is 16.1 Å². The van der Waals surface area contributed by atoms with E-state index in [9.17, 15) is 9.18 Å². The van der Waals surface area contributed by atoms with Crippen molar-refractivity contribution in [2.75, 3.05) is 0 Å². The number of carbonyl (C=O) groups is 1. The summed E-state index contributed by atoms with van der Waals surface area (Å²) < 4.78 is 15.4. The second kappa shape index (κ2) is 3.49. The predicted octanol–water partition coefficient (Wildman–Crippen LogP) is 2.98. The molecule has 0 aliphatic heterocycles. The molecule has 0 radical (unpaired) electrons. The molecule has 5 heteroatoms. The molecule has 2 aromatic rings. The molecular weight excluding hydrogens is 233 g/mol. The number of nitrogens with zero attached hydrogens (tertiary/aromatic N) is 1. The number of halogens is 2. The van der Waals surface area contributed by atoms with Crippen LogP contribution in [0.4, 0.5) is 4.39 Å². The minimum atomic E-state index is -1.32. The van der Waals surface area contributed by atoms with Crippen molar-refractivity contribution < 1.29 is 14.3 Å². The molecular formula is C11H9ClFNO2. The van der Waals surface area contributed by atoms with Gasteiger partial charge in [-0.15, -0.1) is 0 Å². The molecule has 0 aliphatic carbocycles. The molecule has 1 N–H and O–H groups in total. The van der Waals surface area contributed by atoms with E-state index in [1.54, 1.807) is 24.7 Å². The number of aromatic carboxylic acids is 1. The molecule has 3 nitrogen and oxygen atoms in total. The lowest BCUT2D eigenvalue weighted by molar-refractivity contribution is 0.0692. The summed E-state index contributed by atoms with van der Waals surface area (Å²) in [6.45, 7) is 1.80. The molecule has 0 atom stereocenters. The Kier molecular flexibility index (Phi) is 2.39. The van der Waals surface area contributed by atoms with Crippen LogP contribution in [0.25, 0.3) is 10.9 Å². The SMILES string of the molecule is Cc1cn(C)c2cc(C(=O)O)c(F)c(Cl)c12.